The highest BCUT2D eigenvalue weighted by atomic mass is 127. The van der Waals surface area contributed by atoms with Crippen molar-refractivity contribution < 1.29 is 9.53 Å². The lowest BCUT2D eigenvalue weighted by atomic mass is 9.98. The fraction of sp³-hybridized carbons (Fsp3) is 0.650. The number of carbonyl (C=O) groups excluding carboxylic acids is 1. The quantitative estimate of drug-likeness (QED) is 0.267. The second-order valence-electron chi connectivity index (χ2n) is 6.63. The fourth-order valence-corrected chi connectivity index (χ4v) is 3.39. The van der Waals surface area contributed by atoms with Gasteiger partial charge in [0.15, 0.2) is 5.96 Å². The Labute approximate surface area is 186 Å². The van der Waals surface area contributed by atoms with E-state index >= 15 is 0 Å². The summed E-state index contributed by atoms with van der Waals surface area (Å²) in [4.78, 5) is 25.4. The second-order valence-corrected chi connectivity index (χ2v) is 6.63. The van der Waals surface area contributed by atoms with Gasteiger partial charge in [0.2, 0.25) is 0 Å². The maximum absolute atomic E-state index is 12.0. The van der Waals surface area contributed by atoms with Gasteiger partial charge in [0.05, 0.1) is 12.5 Å². The van der Waals surface area contributed by atoms with Crippen LogP contribution in [0.25, 0.3) is 0 Å². The van der Waals surface area contributed by atoms with Crippen LogP contribution in [-0.2, 0) is 16.1 Å². The Kier molecular flexibility index (Phi) is 11.2. The normalized spacial score (nSPS) is 16.9. The number of aromatic nitrogens is 1. The molecule has 1 aromatic heterocycles. The monoisotopic (exact) mass is 503 g/mol. The zero-order chi connectivity index (χ0) is 19.6. The van der Waals surface area contributed by atoms with E-state index in [0.29, 0.717) is 19.7 Å². The van der Waals surface area contributed by atoms with Crippen molar-refractivity contribution in [3.63, 3.8) is 0 Å². The molecule has 1 aromatic rings. The van der Waals surface area contributed by atoms with Crippen LogP contribution in [0.3, 0.4) is 0 Å². The Morgan fingerprint density at radius 2 is 2.11 bits per heavy atom. The van der Waals surface area contributed by atoms with Crippen molar-refractivity contribution in [1.29, 1.82) is 0 Å². The first-order valence-corrected chi connectivity index (χ1v) is 9.94. The lowest BCUT2D eigenvalue weighted by molar-refractivity contribution is -0.149. The van der Waals surface area contributed by atoms with Gasteiger partial charge in [-0.2, -0.15) is 0 Å². The second kappa shape index (κ2) is 12.8. The molecule has 1 saturated heterocycles. The number of esters is 1. The van der Waals surface area contributed by atoms with E-state index in [4.69, 9.17) is 4.74 Å². The van der Waals surface area contributed by atoms with Crippen LogP contribution in [0.4, 0.5) is 5.82 Å². The molecule has 7 nitrogen and oxygen atoms in total. The van der Waals surface area contributed by atoms with Crippen LogP contribution in [0.1, 0.15) is 39.2 Å². The molecule has 1 unspecified atom stereocenters. The molecular formula is C20H34IN5O2. The van der Waals surface area contributed by atoms with Crippen LogP contribution in [0.5, 0.6) is 0 Å². The number of ether oxygens (including phenoxy) is 1. The number of piperidine rings is 1. The summed E-state index contributed by atoms with van der Waals surface area (Å²) in [7, 11) is 1.78. The van der Waals surface area contributed by atoms with Gasteiger partial charge in [-0.15, -0.1) is 24.0 Å². The molecule has 1 atom stereocenters. The van der Waals surface area contributed by atoms with Gasteiger partial charge in [-0.25, -0.2) is 4.98 Å². The van der Waals surface area contributed by atoms with E-state index in [0.717, 1.165) is 49.8 Å². The third kappa shape index (κ3) is 6.79. The van der Waals surface area contributed by atoms with E-state index in [2.05, 4.69) is 51.1 Å². The van der Waals surface area contributed by atoms with Crippen molar-refractivity contribution in [3.05, 3.63) is 23.9 Å². The summed E-state index contributed by atoms with van der Waals surface area (Å²) in [6.45, 7) is 10.6. The van der Waals surface area contributed by atoms with Gasteiger partial charge in [0.1, 0.15) is 5.82 Å². The molecule has 2 heterocycles. The van der Waals surface area contributed by atoms with Gasteiger partial charge in [0, 0.05) is 46.0 Å². The molecule has 1 aliphatic rings. The molecule has 0 saturated carbocycles. The van der Waals surface area contributed by atoms with E-state index < -0.39 is 0 Å². The minimum absolute atomic E-state index is 0. The summed E-state index contributed by atoms with van der Waals surface area (Å²) in [6.07, 6.45) is 3.75. The molecule has 1 fully saturated rings. The van der Waals surface area contributed by atoms with Gasteiger partial charge in [-0.05, 0) is 45.2 Å². The average Bonchev–Trinajstić information content (AvgIpc) is 2.71. The molecule has 0 spiro atoms. The minimum Gasteiger partial charge on any atom is -0.466 e. The Hall–Kier alpha value is -1.58. The molecule has 1 N–H and O–H groups in total. The van der Waals surface area contributed by atoms with Crippen molar-refractivity contribution in [2.24, 2.45) is 10.9 Å². The highest BCUT2D eigenvalue weighted by molar-refractivity contribution is 14.0. The Bertz CT molecular complexity index is 620. The number of anilines is 1. The summed E-state index contributed by atoms with van der Waals surface area (Å²) < 4.78 is 5.18. The minimum atomic E-state index is -0.103. The molecule has 0 aromatic carbocycles. The van der Waals surface area contributed by atoms with Gasteiger partial charge in [-0.1, -0.05) is 6.07 Å². The van der Waals surface area contributed by atoms with Crippen molar-refractivity contribution in [2.75, 3.05) is 44.7 Å². The fourth-order valence-electron chi connectivity index (χ4n) is 3.39. The lowest BCUT2D eigenvalue weighted by Crippen LogP contribution is -2.48. The molecule has 0 amide bonds. The predicted molar refractivity (Wildman–Crippen MR) is 124 cm³/mol. The van der Waals surface area contributed by atoms with Crippen LogP contribution in [-0.4, -0.2) is 61.6 Å². The van der Waals surface area contributed by atoms with E-state index in [1.165, 1.54) is 0 Å². The van der Waals surface area contributed by atoms with Crippen molar-refractivity contribution in [2.45, 2.75) is 40.2 Å². The SMILES string of the molecule is CCOC(=O)C1CCCN(C(=NC)NCc2ccc(N(CC)CC)nc2)C1.I. The maximum atomic E-state index is 12.0. The number of pyridine rings is 1. The summed E-state index contributed by atoms with van der Waals surface area (Å²) in [5.74, 6) is 1.64. The first-order chi connectivity index (χ1) is 13.1. The molecule has 158 valence electrons. The van der Waals surface area contributed by atoms with Crippen LogP contribution in [0.2, 0.25) is 0 Å². The smallest absolute Gasteiger partial charge is 0.310 e. The molecule has 28 heavy (non-hydrogen) atoms. The van der Waals surface area contributed by atoms with E-state index in [-0.39, 0.29) is 35.9 Å². The number of rotatable bonds is 7. The lowest BCUT2D eigenvalue weighted by Gasteiger charge is -2.34. The predicted octanol–water partition coefficient (Wildman–Crippen LogP) is 2.90. The number of guanidine groups is 1. The number of aliphatic imine (C=N–C) groups is 1. The van der Waals surface area contributed by atoms with Crippen molar-refractivity contribution in [1.82, 2.24) is 15.2 Å². The molecular weight excluding hydrogens is 469 g/mol. The van der Waals surface area contributed by atoms with Crippen LogP contribution in [0.15, 0.2) is 23.3 Å². The molecule has 0 radical (unpaired) electrons. The van der Waals surface area contributed by atoms with Gasteiger partial charge >= 0.3 is 5.97 Å². The third-order valence-corrected chi connectivity index (χ3v) is 4.90. The van der Waals surface area contributed by atoms with Gasteiger partial charge in [0.25, 0.3) is 0 Å². The Morgan fingerprint density at radius 3 is 2.68 bits per heavy atom. The topological polar surface area (TPSA) is 70.1 Å². The highest BCUT2D eigenvalue weighted by Gasteiger charge is 2.28. The van der Waals surface area contributed by atoms with E-state index in [9.17, 15) is 4.79 Å². The van der Waals surface area contributed by atoms with Gasteiger partial charge < -0.3 is 19.9 Å². The zero-order valence-corrected chi connectivity index (χ0v) is 19.8. The number of likely N-dealkylation sites (tertiary alicyclic amines) is 1. The zero-order valence-electron chi connectivity index (χ0n) is 17.5. The molecule has 0 aliphatic carbocycles. The number of carbonyl (C=O) groups is 1. The molecule has 1 aliphatic heterocycles. The maximum Gasteiger partial charge on any atom is 0.310 e. The summed E-state index contributed by atoms with van der Waals surface area (Å²) in [5.41, 5.74) is 1.10. The van der Waals surface area contributed by atoms with Crippen molar-refractivity contribution >= 4 is 41.7 Å². The number of hydrogen-bond acceptors (Lipinski definition) is 5. The first-order valence-electron chi connectivity index (χ1n) is 9.94. The average molecular weight is 503 g/mol. The molecule has 2 rings (SSSR count). The first kappa shape index (κ1) is 24.5. The highest BCUT2D eigenvalue weighted by Crippen LogP contribution is 2.18. The third-order valence-electron chi connectivity index (χ3n) is 4.90. The summed E-state index contributed by atoms with van der Waals surface area (Å²) in [5, 5.41) is 3.39. The van der Waals surface area contributed by atoms with E-state index in [1.807, 2.05) is 13.1 Å². The number of hydrogen-bond donors (Lipinski definition) is 1. The van der Waals surface area contributed by atoms with E-state index in [1.54, 1.807) is 7.05 Å². The molecule has 8 heteroatoms. The van der Waals surface area contributed by atoms with Crippen LogP contribution < -0.4 is 10.2 Å². The van der Waals surface area contributed by atoms with Crippen LogP contribution >= 0.6 is 24.0 Å². The van der Waals surface area contributed by atoms with Crippen molar-refractivity contribution in [3.8, 4) is 0 Å². The summed E-state index contributed by atoms with van der Waals surface area (Å²) >= 11 is 0. The molecule has 0 bridgehead atoms. The van der Waals surface area contributed by atoms with Gasteiger partial charge in [-0.3, -0.25) is 9.79 Å². The standard InChI is InChI=1S/C20H33N5O2.HI/c1-5-24(6-2)18-11-10-16(13-22-18)14-23-20(21-4)25-12-8-9-17(15-25)19(26)27-7-3;/h10-11,13,17H,5-9,12,14-15H2,1-4H3,(H,21,23);1H. The Balaban J connectivity index is 0.00000392. The number of nitrogens with zero attached hydrogens (tertiary/aromatic N) is 4. The number of halogens is 1. The Morgan fingerprint density at radius 1 is 1.36 bits per heavy atom. The largest absolute Gasteiger partial charge is 0.466 e. The number of nitrogens with one attached hydrogen (secondary N) is 1. The summed E-state index contributed by atoms with van der Waals surface area (Å²) in [6, 6.07) is 4.16. The van der Waals surface area contributed by atoms with Crippen LogP contribution in [0, 0.1) is 5.92 Å².